The second kappa shape index (κ2) is 7.01. The van der Waals surface area contributed by atoms with Crippen LogP contribution in [0, 0.1) is 18.3 Å². The molecule has 1 amide bonds. The Bertz CT molecular complexity index is 597. The Morgan fingerprint density at radius 2 is 1.96 bits per heavy atom. The summed E-state index contributed by atoms with van der Waals surface area (Å²) in [5, 5.41) is 9.14. The molecule has 2 rings (SSSR count). The number of benzene rings is 1. The number of carbonyl (C=O) groups is 1. The second-order valence-corrected chi connectivity index (χ2v) is 6.73. The standard InChI is InChI=1S/C18H26N4O/c1-15-6-5-7-16(12-15)22-10-8-21(9-11-22)13-17(23)20(4)18(2,3)14-19/h5-7,12H,8-11,13H2,1-4H3. The van der Waals surface area contributed by atoms with E-state index in [1.54, 1.807) is 25.8 Å². The van der Waals surface area contributed by atoms with Crippen molar-refractivity contribution in [3.05, 3.63) is 29.8 Å². The van der Waals surface area contributed by atoms with Gasteiger partial charge in [0, 0.05) is 38.9 Å². The minimum Gasteiger partial charge on any atom is -0.369 e. The molecule has 1 heterocycles. The highest BCUT2D eigenvalue weighted by atomic mass is 16.2. The van der Waals surface area contributed by atoms with E-state index in [4.69, 9.17) is 5.26 Å². The molecule has 0 unspecified atom stereocenters. The molecule has 5 heteroatoms. The maximum absolute atomic E-state index is 12.3. The van der Waals surface area contributed by atoms with Crippen LogP contribution >= 0.6 is 0 Å². The predicted octanol–water partition coefficient (Wildman–Crippen LogP) is 1.88. The molecule has 1 aliphatic heterocycles. The topological polar surface area (TPSA) is 50.6 Å². The Hall–Kier alpha value is -2.06. The van der Waals surface area contributed by atoms with Crippen molar-refractivity contribution in [2.75, 3.05) is 44.7 Å². The van der Waals surface area contributed by atoms with E-state index in [2.05, 4.69) is 47.1 Å². The second-order valence-electron chi connectivity index (χ2n) is 6.73. The lowest BCUT2D eigenvalue weighted by molar-refractivity contribution is -0.134. The first-order valence-electron chi connectivity index (χ1n) is 8.05. The predicted molar refractivity (Wildman–Crippen MR) is 92.3 cm³/mol. The average molecular weight is 314 g/mol. The van der Waals surface area contributed by atoms with Gasteiger partial charge in [-0.25, -0.2) is 0 Å². The van der Waals surface area contributed by atoms with E-state index in [-0.39, 0.29) is 5.91 Å². The van der Waals surface area contributed by atoms with Crippen LogP contribution in [0.1, 0.15) is 19.4 Å². The Morgan fingerprint density at radius 3 is 2.52 bits per heavy atom. The van der Waals surface area contributed by atoms with Gasteiger partial charge in [0.05, 0.1) is 12.6 Å². The quantitative estimate of drug-likeness (QED) is 0.851. The van der Waals surface area contributed by atoms with Crippen LogP contribution < -0.4 is 4.90 Å². The van der Waals surface area contributed by atoms with Gasteiger partial charge in [0.25, 0.3) is 0 Å². The Labute approximate surface area is 139 Å². The minimum atomic E-state index is -0.763. The van der Waals surface area contributed by atoms with Gasteiger partial charge in [-0.15, -0.1) is 0 Å². The highest BCUT2D eigenvalue weighted by Gasteiger charge is 2.29. The first kappa shape index (κ1) is 17.3. The maximum Gasteiger partial charge on any atom is 0.237 e. The van der Waals surface area contributed by atoms with Crippen molar-refractivity contribution in [1.82, 2.24) is 9.80 Å². The van der Waals surface area contributed by atoms with Crippen LogP contribution in [0.15, 0.2) is 24.3 Å². The Morgan fingerprint density at radius 1 is 1.30 bits per heavy atom. The molecule has 0 N–H and O–H groups in total. The van der Waals surface area contributed by atoms with Crippen LogP contribution in [0.3, 0.4) is 0 Å². The van der Waals surface area contributed by atoms with E-state index in [9.17, 15) is 4.79 Å². The molecule has 5 nitrogen and oxygen atoms in total. The highest BCUT2D eigenvalue weighted by Crippen LogP contribution is 2.18. The molecule has 1 saturated heterocycles. The number of rotatable bonds is 4. The molecule has 1 aliphatic rings. The fourth-order valence-corrected chi connectivity index (χ4v) is 2.67. The third-order valence-electron chi connectivity index (χ3n) is 4.58. The summed E-state index contributed by atoms with van der Waals surface area (Å²) in [5.74, 6) is 0.000514. The molecule has 0 aliphatic carbocycles. The molecule has 0 atom stereocenters. The first-order chi connectivity index (χ1) is 10.8. The summed E-state index contributed by atoms with van der Waals surface area (Å²) in [5.41, 5.74) is 1.75. The van der Waals surface area contributed by atoms with E-state index in [0.717, 1.165) is 26.2 Å². The number of amides is 1. The van der Waals surface area contributed by atoms with E-state index in [0.29, 0.717) is 6.54 Å². The zero-order valence-electron chi connectivity index (χ0n) is 14.5. The fourth-order valence-electron chi connectivity index (χ4n) is 2.67. The number of aryl methyl sites for hydroxylation is 1. The van der Waals surface area contributed by atoms with Crippen molar-refractivity contribution in [2.45, 2.75) is 26.3 Å². The van der Waals surface area contributed by atoms with Gasteiger partial charge < -0.3 is 9.80 Å². The van der Waals surface area contributed by atoms with Gasteiger partial charge in [0.1, 0.15) is 5.54 Å². The minimum absolute atomic E-state index is 0.000514. The first-order valence-corrected chi connectivity index (χ1v) is 8.05. The Kier molecular flexibility index (Phi) is 5.27. The lowest BCUT2D eigenvalue weighted by atomic mass is 10.1. The largest absolute Gasteiger partial charge is 0.369 e. The maximum atomic E-state index is 12.3. The summed E-state index contributed by atoms with van der Waals surface area (Å²) in [7, 11) is 1.70. The third kappa shape index (κ3) is 4.23. The zero-order chi connectivity index (χ0) is 17.0. The van der Waals surface area contributed by atoms with Crippen molar-refractivity contribution < 1.29 is 4.79 Å². The van der Waals surface area contributed by atoms with Gasteiger partial charge in [-0.3, -0.25) is 9.69 Å². The van der Waals surface area contributed by atoms with Gasteiger partial charge in [0.15, 0.2) is 0 Å². The normalized spacial score (nSPS) is 16.0. The van der Waals surface area contributed by atoms with Crippen LogP contribution in [-0.2, 0) is 4.79 Å². The summed E-state index contributed by atoms with van der Waals surface area (Å²) < 4.78 is 0. The zero-order valence-corrected chi connectivity index (χ0v) is 14.5. The molecule has 0 saturated carbocycles. The molecule has 0 spiro atoms. The van der Waals surface area contributed by atoms with Gasteiger partial charge >= 0.3 is 0 Å². The van der Waals surface area contributed by atoms with E-state index >= 15 is 0 Å². The molecule has 124 valence electrons. The molecule has 0 radical (unpaired) electrons. The van der Waals surface area contributed by atoms with Crippen LogP contribution in [0.2, 0.25) is 0 Å². The number of likely N-dealkylation sites (N-methyl/N-ethyl adjacent to an activating group) is 1. The molecule has 1 aromatic rings. The summed E-state index contributed by atoms with van der Waals surface area (Å²) in [4.78, 5) is 18.4. The molecule has 1 fully saturated rings. The third-order valence-corrected chi connectivity index (χ3v) is 4.58. The summed E-state index contributed by atoms with van der Waals surface area (Å²) in [6, 6.07) is 10.7. The van der Waals surface area contributed by atoms with E-state index < -0.39 is 5.54 Å². The number of hydrogen-bond acceptors (Lipinski definition) is 4. The molecule has 0 bridgehead atoms. The van der Waals surface area contributed by atoms with Gasteiger partial charge in [-0.05, 0) is 38.5 Å². The number of piperazine rings is 1. The van der Waals surface area contributed by atoms with Gasteiger partial charge in [0.2, 0.25) is 5.91 Å². The monoisotopic (exact) mass is 314 g/mol. The lowest BCUT2D eigenvalue weighted by Gasteiger charge is -2.37. The summed E-state index contributed by atoms with van der Waals surface area (Å²) in [6.07, 6.45) is 0. The van der Waals surface area contributed by atoms with Gasteiger partial charge in [-0.1, -0.05) is 12.1 Å². The van der Waals surface area contributed by atoms with E-state index in [1.807, 2.05) is 0 Å². The van der Waals surface area contributed by atoms with Crippen molar-refractivity contribution in [1.29, 1.82) is 5.26 Å². The summed E-state index contributed by atoms with van der Waals surface area (Å²) in [6.45, 7) is 9.57. The molecule has 23 heavy (non-hydrogen) atoms. The molecule has 1 aromatic carbocycles. The van der Waals surface area contributed by atoms with Crippen molar-refractivity contribution >= 4 is 11.6 Å². The number of nitrogens with zero attached hydrogens (tertiary/aromatic N) is 4. The number of anilines is 1. The highest BCUT2D eigenvalue weighted by molar-refractivity contribution is 5.79. The lowest BCUT2D eigenvalue weighted by Crippen LogP contribution is -2.52. The molecular formula is C18H26N4O. The fraction of sp³-hybridized carbons (Fsp3) is 0.556. The SMILES string of the molecule is Cc1cccc(N2CCN(CC(=O)N(C)C(C)(C)C#N)CC2)c1. The van der Waals surface area contributed by atoms with Crippen molar-refractivity contribution in [3.8, 4) is 6.07 Å². The van der Waals surface area contributed by atoms with Crippen LogP contribution in [0.5, 0.6) is 0 Å². The smallest absolute Gasteiger partial charge is 0.237 e. The van der Waals surface area contributed by atoms with Crippen molar-refractivity contribution in [2.24, 2.45) is 0 Å². The molecule has 0 aromatic heterocycles. The number of carbonyl (C=O) groups excluding carboxylic acids is 1. The van der Waals surface area contributed by atoms with Crippen LogP contribution in [-0.4, -0.2) is 61.0 Å². The Balaban J connectivity index is 1.88. The number of hydrogen-bond donors (Lipinski definition) is 0. The van der Waals surface area contributed by atoms with Crippen LogP contribution in [0.25, 0.3) is 0 Å². The average Bonchev–Trinajstić information content (AvgIpc) is 2.54. The summed E-state index contributed by atoms with van der Waals surface area (Å²) >= 11 is 0. The number of nitriles is 1. The van der Waals surface area contributed by atoms with E-state index in [1.165, 1.54) is 11.3 Å². The van der Waals surface area contributed by atoms with Crippen LogP contribution in [0.4, 0.5) is 5.69 Å². The van der Waals surface area contributed by atoms with Crippen molar-refractivity contribution in [3.63, 3.8) is 0 Å². The molecular weight excluding hydrogens is 288 g/mol. The van der Waals surface area contributed by atoms with Gasteiger partial charge in [-0.2, -0.15) is 5.26 Å².